The van der Waals surface area contributed by atoms with Gasteiger partial charge in [0, 0.05) is 29.0 Å². The molecule has 0 radical (unpaired) electrons. The van der Waals surface area contributed by atoms with Crippen LogP contribution in [-0.4, -0.2) is 38.0 Å². The summed E-state index contributed by atoms with van der Waals surface area (Å²) in [5.41, 5.74) is 2.58. The predicted octanol–water partition coefficient (Wildman–Crippen LogP) is 4.92. The average molecular weight is 446 g/mol. The Bertz CT molecular complexity index is 1180. The fourth-order valence-electron chi connectivity index (χ4n) is 3.44. The van der Waals surface area contributed by atoms with Crippen LogP contribution < -0.4 is 0 Å². The van der Waals surface area contributed by atoms with Crippen molar-refractivity contribution in [1.29, 1.82) is 0 Å². The fraction of sp³-hybridized carbons (Fsp3) is 0.0800. The van der Waals surface area contributed by atoms with Crippen LogP contribution in [0.2, 0.25) is 5.02 Å². The predicted molar refractivity (Wildman–Crippen MR) is 123 cm³/mol. The first-order valence-corrected chi connectivity index (χ1v) is 10.3. The van der Waals surface area contributed by atoms with E-state index in [1.54, 1.807) is 30.5 Å². The number of amides is 1. The van der Waals surface area contributed by atoms with Crippen LogP contribution >= 0.6 is 11.6 Å². The second kappa shape index (κ2) is 9.49. The van der Waals surface area contributed by atoms with Gasteiger partial charge in [-0.1, -0.05) is 72.3 Å². The molecule has 1 N–H and O–H groups in total. The van der Waals surface area contributed by atoms with E-state index in [-0.39, 0.29) is 12.2 Å². The lowest BCUT2D eigenvalue weighted by atomic mass is 10.2. The highest BCUT2D eigenvalue weighted by molar-refractivity contribution is 6.30. The van der Waals surface area contributed by atoms with Crippen LogP contribution in [0.5, 0.6) is 0 Å². The van der Waals surface area contributed by atoms with E-state index in [2.05, 4.69) is 4.98 Å². The normalized spacial score (nSPS) is 10.7. The standard InChI is InChI=1S/C25H20ClN3O3/c26-20-11-7-8-18(14-20)15-28(17-23(30)31)25(32)22-16-29(21-12-5-2-6-13-21)24(27-22)19-9-3-1-4-10-19/h1-14,16H,15,17H2,(H,30,31). The number of carbonyl (C=O) groups excluding carboxylic acids is 1. The number of nitrogens with zero attached hydrogens (tertiary/aromatic N) is 3. The topological polar surface area (TPSA) is 75.4 Å². The molecular formula is C25H20ClN3O3. The van der Waals surface area contributed by atoms with Crippen LogP contribution in [0.15, 0.2) is 91.1 Å². The van der Waals surface area contributed by atoms with Gasteiger partial charge < -0.3 is 10.0 Å². The summed E-state index contributed by atoms with van der Waals surface area (Å²) in [7, 11) is 0. The van der Waals surface area contributed by atoms with E-state index in [9.17, 15) is 14.7 Å². The molecule has 0 bridgehead atoms. The van der Waals surface area contributed by atoms with E-state index in [0.717, 1.165) is 16.8 Å². The second-order valence-electron chi connectivity index (χ2n) is 7.21. The van der Waals surface area contributed by atoms with Crippen LogP contribution in [-0.2, 0) is 11.3 Å². The summed E-state index contributed by atoms with van der Waals surface area (Å²) < 4.78 is 1.83. The average Bonchev–Trinajstić information content (AvgIpc) is 3.25. The molecule has 3 aromatic carbocycles. The molecule has 0 unspecified atom stereocenters. The van der Waals surface area contributed by atoms with E-state index in [4.69, 9.17) is 11.6 Å². The van der Waals surface area contributed by atoms with Crippen molar-refractivity contribution in [2.75, 3.05) is 6.54 Å². The van der Waals surface area contributed by atoms with Crippen molar-refractivity contribution >= 4 is 23.5 Å². The van der Waals surface area contributed by atoms with Gasteiger partial charge in [-0.3, -0.25) is 14.2 Å². The zero-order valence-corrected chi connectivity index (χ0v) is 17.8. The summed E-state index contributed by atoms with van der Waals surface area (Å²) >= 11 is 6.05. The highest BCUT2D eigenvalue weighted by Gasteiger charge is 2.24. The van der Waals surface area contributed by atoms with Gasteiger partial charge in [0.1, 0.15) is 18.1 Å². The van der Waals surface area contributed by atoms with Crippen molar-refractivity contribution in [2.24, 2.45) is 0 Å². The molecule has 1 heterocycles. The van der Waals surface area contributed by atoms with Crippen molar-refractivity contribution in [3.05, 3.63) is 107 Å². The van der Waals surface area contributed by atoms with Gasteiger partial charge in [0.25, 0.3) is 5.91 Å². The van der Waals surface area contributed by atoms with E-state index in [1.165, 1.54) is 4.90 Å². The first-order chi connectivity index (χ1) is 15.5. The van der Waals surface area contributed by atoms with Crippen molar-refractivity contribution in [2.45, 2.75) is 6.54 Å². The Morgan fingerprint density at radius 1 is 0.938 bits per heavy atom. The first kappa shape index (κ1) is 21.3. The summed E-state index contributed by atoms with van der Waals surface area (Å²) in [6, 6.07) is 26.1. The molecule has 1 amide bonds. The largest absolute Gasteiger partial charge is 0.480 e. The number of carbonyl (C=O) groups is 2. The zero-order valence-electron chi connectivity index (χ0n) is 17.1. The molecule has 0 saturated heterocycles. The van der Waals surface area contributed by atoms with Gasteiger partial charge in [0.15, 0.2) is 0 Å². The molecule has 6 nitrogen and oxygen atoms in total. The van der Waals surface area contributed by atoms with Gasteiger partial charge >= 0.3 is 5.97 Å². The van der Waals surface area contributed by atoms with E-state index in [0.29, 0.717) is 10.8 Å². The monoisotopic (exact) mass is 445 g/mol. The SMILES string of the molecule is O=C(O)CN(Cc1cccc(Cl)c1)C(=O)c1cn(-c2ccccc2)c(-c2ccccc2)n1. The molecule has 4 aromatic rings. The quantitative estimate of drug-likeness (QED) is 0.438. The third kappa shape index (κ3) is 4.87. The minimum absolute atomic E-state index is 0.102. The molecular weight excluding hydrogens is 426 g/mol. The van der Waals surface area contributed by atoms with Gasteiger partial charge in [-0.2, -0.15) is 0 Å². The lowest BCUT2D eigenvalue weighted by molar-refractivity contribution is -0.137. The zero-order chi connectivity index (χ0) is 22.5. The Labute approximate surface area is 190 Å². The lowest BCUT2D eigenvalue weighted by Gasteiger charge is -2.20. The number of carboxylic acids is 1. The van der Waals surface area contributed by atoms with E-state index < -0.39 is 18.4 Å². The number of hydrogen-bond donors (Lipinski definition) is 1. The maximum Gasteiger partial charge on any atom is 0.323 e. The van der Waals surface area contributed by atoms with Crippen LogP contribution in [0.3, 0.4) is 0 Å². The Morgan fingerprint density at radius 3 is 2.28 bits per heavy atom. The number of para-hydroxylation sites is 1. The van der Waals surface area contributed by atoms with Crippen molar-refractivity contribution in [1.82, 2.24) is 14.5 Å². The molecule has 0 spiro atoms. The van der Waals surface area contributed by atoms with Gasteiger partial charge in [-0.15, -0.1) is 0 Å². The number of imidazole rings is 1. The van der Waals surface area contributed by atoms with Crippen LogP contribution in [0.25, 0.3) is 17.1 Å². The molecule has 160 valence electrons. The summed E-state index contributed by atoms with van der Waals surface area (Å²) in [6.45, 7) is -0.352. The van der Waals surface area contributed by atoms with Gasteiger partial charge in [0.05, 0.1) is 0 Å². The maximum atomic E-state index is 13.4. The molecule has 32 heavy (non-hydrogen) atoms. The number of benzene rings is 3. The fourth-order valence-corrected chi connectivity index (χ4v) is 3.65. The van der Waals surface area contributed by atoms with E-state index in [1.807, 2.05) is 65.2 Å². The molecule has 0 aliphatic rings. The second-order valence-corrected chi connectivity index (χ2v) is 7.64. The third-order valence-electron chi connectivity index (χ3n) is 4.87. The summed E-state index contributed by atoms with van der Waals surface area (Å²) in [5.74, 6) is -0.983. The van der Waals surface area contributed by atoms with E-state index >= 15 is 0 Å². The molecule has 0 fully saturated rings. The minimum atomic E-state index is -1.11. The van der Waals surface area contributed by atoms with Crippen molar-refractivity contribution < 1.29 is 14.7 Å². The third-order valence-corrected chi connectivity index (χ3v) is 5.10. The van der Waals surface area contributed by atoms with Crippen LogP contribution in [0, 0.1) is 0 Å². The van der Waals surface area contributed by atoms with Gasteiger partial charge in [-0.25, -0.2) is 4.98 Å². The number of hydrogen-bond acceptors (Lipinski definition) is 3. The smallest absolute Gasteiger partial charge is 0.323 e. The highest BCUT2D eigenvalue weighted by atomic mass is 35.5. The molecule has 0 saturated carbocycles. The van der Waals surface area contributed by atoms with Gasteiger partial charge in [-0.05, 0) is 29.8 Å². The maximum absolute atomic E-state index is 13.4. The Morgan fingerprint density at radius 2 is 1.62 bits per heavy atom. The van der Waals surface area contributed by atoms with Gasteiger partial charge in [0.2, 0.25) is 0 Å². The van der Waals surface area contributed by atoms with Crippen molar-refractivity contribution in [3.63, 3.8) is 0 Å². The lowest BCUT2D eigenvalue weighted by Crippen LogP contribution is -2.35. The van der Waals surface area contributed by atoms with Crippen molar-refractivity contribution in [3.8, 4) is 17.1 Å². The summed E-state index contributed by atoms with van der Waals surface area (Å²) in [5, 5.41) is 9.90. The highest BCUT2D eigenvalue weighted by Crippen LogP contribution is 2.24. The number of halogens is 1. The Kier molecular flexibility index (Phi) is 6.33. The molecule has 0 atom stereocenters. The van der Waals surface area contributed by atoms with Crippen LogP contribution in [0.4, 0.5) is 0 Å². The molecule has 7 heteroatoms. The summed E-state index contributed by atoms with van der Waals surface area (Å²) in [4.78, 5) is 30.7. The Balaban J connectivity index is 1.74. The Hall–Kier alpha value is -3.90. The molecule has 0 aliphatic heterocycles. The number of aromatic nitrogens is 2. The van der Waals surface area contributed by atoms with Crippen LogP contribution in [0.1, 0.15) is 16.1 Å². The molecule has 0 aliphatic carbocycles. The summed E-state index contributed by atoms with van der Waals surface area (Å²) in [6.07, 6.45) is 1.65. The number of aliphatic carboxylic acids is 1. The first-order valence-electron chi connectivity index (χ1n) is 9.97. The number of rotatable bonds is 7. The minimum Gasteiger partial charge on any atom is -0.480 e. The molecule has 4 rings (SSSR count). The number of carboxylic acid groups (broad SMARTS) is 1. The molecule has 1 aromatic heterocycles.